The van der Waals surface area contributed by atoms with Crippen molar-refractivity contribution in [2.24, 2.45) is 0 Å². The van der Waals surface area contributed by atoms with E-state index in [1.54, 1.807) is 0 Å². The molecule has 2 nitrogen and oxygen atoms in total. The number of hydrogen-bond acceptors (Lipinski definition) is 3. The fourth-order valence-corrected chi connectivity index (χ4v) is 4.23. The summed E-state index contributed by atoms with van der Waals surface area (Å²) in [5.41, 5.74) is 1.50. The van der Waals surface area contributed by atoms with Gasteiger partial charge >= 0.3 is 0 Å². The van der Waals surface area contributed by atoms with Crippen LogP contribution in [0, 0.1) is 0 Å². The summed E-state index contributed by atoms with van der Waals surface area (Å²) in [7, 11) is 0. The van der Waals surface area contributed by atoms with E-state index in [2.05, 4.69) is 41.8 Å². The molecule has 0 atom stereocenters. The van der Waals surface area contributed by atoms with Gasteiger partial charge in [-0.2, -0.15) is 0 Å². The molecule has 0 unspecified atom stereocenters. The third-order valence-electron chi connectivity index (χ3n) is 2.76. The molecule has 0 aliphatic carbocycles. The fraction of sp³-hybridized carbons (Fsp3) is 0. The Labute approximate surface area is 152 Å². The zero-order chi connectivity index (χ0) is 15.0. The van der Waals surface area contributed by atoms with Gasteiger partial charge in [-0.1, -0.05) is 57.3 Å². The van der Waals surface area contributed by atoms with Crippen LogP contribution < -0.4 is 0 Å². The molecular formula is C14H6Br2Cl2N2S. The number of rotatable bonds is 2. The maximum Gasteiger partial charge on any atom is 0.172 e. The van der Waals surface area contributed by atoms with Crippen molar-refractivity contribution in [2.45, 2.75) is 0 Å². The topological polar surface area (TPSA) is 25.8 Å². The Bertz CT molecular complexity index is 797. The van der Waals surface area contributed by atoms with Crippen molar-refractivity contribution in [3.05, 3.63) is 55.0 Å². The second-order valence-corrected chi connectivity index (χ2v) is 8.12. The monoisotopic (exact) mass is 462 g/mol. The lowest BCUT2D eigenvalue weighted by molar-refractivity contribution is 1.19. The standard InChI is InChI=1S/C14H6Br2Cl2N2S/c15-8-4-2-1-3-7(8)11-12(17)19-14(20-13(11)18)9-5-6-10(16)21-9/h1-6H. The van der Waals surface area contributed by atoms with E-state index in [4.69, 9.17) is 23.2 Å². The lowest BCUT2D eigenvalue weighted by Gasteiger charge is -2.09. The minimum atomic E-state index is 0.335. The molecule has 0 saturated heterocycles. The van der Waals surface area contributed by atoms with E-state index in [1.165, 1.54) is 11.3 Å². The van der Waals surface area contributed by atoms with E-state index in [9.17, 15) is 0 Å². The minimum Gasteiger partial charge on any atom is -0.215 e. The summed E-state index contributed by atoms with van der Waals surface area (Å²) in [5, 5.41) is 0.669. The van der Waals surface area contributed by atoms with Gasteiger partial charge in [-0.25, -0.2) is 9.97 Å². The van der Waals surface area contributed by atoms with Crippen molar-refractivity contribution in [1.82, 2.24) is 9.97 Å². The van der Waals surface area contributed by atoms with E-state index in [1.807, 2.05) is 36.4 Å². The van der Waals surface area contributed by atoms with Crippen LogP contribution in [0.4, 0.5) is 0 Å². The summed E-state index contributed by atoms with van der Waals surface area (Å²) < 4.78 is 1.90. The molecule has 0 fully saturated rings. The molecule has 0 radical (unpaired) electrons. The van der Waals surface area contributed by atoms with Gasteiger partial charge in [0.1, 0.15) is 10.3 Å². The highest BCUT2D eigenvalue weighted by Crippen LogP contribution is 2.39. The van der Waals surface area contributed by atoms with E-state index in [0.29, 0.717) is 21.7 Å². The minimum absolute atomic E-state index is 0.335. The Balaban J connectivity index is 2.15. The predicted molar refractivity (Wildman–Crippen MR) is 96.2 cm³/mol. The van der Waals surface area contributed by atoms with Crippen molar-refractivity contribution >= 4 is 66.4 Å². The average Bonchev–Trinajstić information content (AvgIpc) is 2.87. The largest absolute Gasteiger partial charge is 0.215 e. The molecule has 0 amide bonds. The molecule has 0 aliphatic rings. The van der Waals surface area contributed by atoms with Crippen LogP contribution in [0.5, 0.6) is 0 Å². The molecule has 7 heteroatoms. The molecule has 0 spiro atoms. The van der Waals surface area contributed by atoms with Crippen LogP contribution in [0.3, 0.4) is 0 Å². The van der Waals surface area contributed by atoms with Crippen molar-refractivity contribution < 1.29 is 0 Å². The molecule has 3 aromatic rings. The molecular weight excluding hydrogens is 459 g/mol. The summed E-state index contributed by atoms with van der Waals surface area (Å²) in [6.07, 6.45) is 0. The van der Waals surface area contributed by atoms with Crippen LogP contribution in [-0.4, -0.2) is 9.97 Å². The van der Waals surface area contributed by atoms with E-state index >= 15 is 0 Å². The molecule has 0 N–H and O–H groups in total. The van der Waals surface area contributed by atoms with Gasteiger partial charge in [0.25, 0.3) is 0 Å². The van der Waals surface area contributed by atoms with E-state index in [0.717, 1.165) is 18.7 Å². The average molecular weight is 465 g/mol. The zero-order valence-corrected chi connectivity index (χ0v) is 15.8. The van der Waals surface area contributed by atoms with Gasteiger partial charge in [0, 0.05) is 10.0 Å². The normalized spacial score (nSPS) is 10.9. The van der Waals surface area contributed by atoms with Crippen LogP contribution in [0.15, 0.2) is 44.7 Å². The van der Waals surface area contributed by atoms with Crippen molar-refractivity contribution in [1.29, 1.82) is 0 Å². The van der Waals surface area contributed by atoms with Crippen molar-refractivity contribution in [3.8, 4) is 21.8 Å². The van der Waals surface area contributed by atoms with Gasteiger partial charge in [-0.3, -0.25) is 0 Å². The van der Waals surface area contributed by atoms with Crippen molar-refractivity contribution in [3.63, 3.8) is 0 Å². The Morgan fingerprint density at radius 1 is 0.905 bits per heavy atom. The molecule has 0 aliphatic heterocycles. The van der Waals surface area contributed by atoms with Gasteiger partial charge in [0.05, 0.1) is 14.2 Å². The maximum atomic E-state index is 6.33. The molecule has 2 heterocycles. The van der Waals surface area contributed by atoms with Gasteiger partial charge in [-0.05, 0) is 34.1 Å². The Kier molecular flexibility index (Phi) is 4.66. The molecule has 106 valence electrons. The van der Waals surface area contributed by atoms with Crippen LogP contribution >= 0.6 is 66.4 Å². The smallest absolute Gasteiger partial charge is 0.172 e. The zero-order valence-electron chi connectivity index (χ0n) is 10.3. The highest BCUT2D eigenvalue weighted by Gasteiger charge is 2.17. The van der Waals surface area contributed by atoms with Gasteiger partial charge in [0.15, 0.2) is 5.82 Å². The first-order chi connectivity index (χ1) is 10.1. The van der Waals surface area contributed by atoms with Gasteiger partial charge < -0.3 is 0 Å². The summed E-state index contributed by atoms with van der Waals surface area (Å²) in [6, 6.07) is 11.5. The first-order valence-electron chi connectivity index (χ1n) is 5.80. The van der Waals surface area contributed by atoms with E-state index < -0.39 is 0 Å². The molecule has 21 heavy (non-hydrogen) atoms. The second kappa shape index (κ2) is 6.34. The summed E-state index contributed by atoms with van der Waals surface area (Å²) in [6.45, 7) is 0. The van der Waals surface area contributed by atoms with Crippen LogP contribution in [-0.2, 0) is 0 Å². The molecule has 3 rings (SSSR count). The second-order valence-electron chi connectivity index (χ2n) is 4.09. The number of nitrogens with zero attached hydrogens (tertiary/aromatic N) is 2. The van der Waals surface area contributed by atoms with Gasteiger partial charge in [0.2, 0.25) is 0 Å². The molecule has 1 aromatic carbocycles. The maximum absolute atomic E-state index is 6.33. The number of halogens is 4. The lowest BCUT2D eigenvalue weighted by Crippen LogP contribution is -1.94. The lowest BCUT2D eigenvalue weighted by atomic mass is 10.1. The van der Waals surface area contributed by atoms with Crippen LogP contribution in [0.1, 0.15) is 0 Å². The first kappa shape index (κ1) is 15.4. The number of benzene rings is 1. The summed E-state index contributed by atoms with van der Waals surface area (Å²) in [4.78, 5) is 9.65. The van der Waals surface area contributed by atoms with Crippen LogP contribution in [0.25, 0.3) is 21.8 Å². The highest BCUT2D eigenvalue weighted by molar-refractivity contribution is 9.11. The Hall–Kier alpha value is -0.460. The number of hydrogen-bond donors (Lipinski definition) is 0. The predicted octanol–water partition coefficient (Wildman–Crippen LogP) is 6.70. The number of thiophene rings is 1. The quantitative estimate of drug-likeness (QED) is 0.394. The van der Waals surface area contributed by atoms with Crippen LogP contribution in [0.2, 0.25) is 10.3 Å². The summed E-state index contributed by atoms with van der Waals surface area (Å²) in [5.74, 6) is 0.525. The van der Waals surface area contributed by atoms with Gasteiger partial charge in [-0.15, -0.1) is 11.3 Å². The SMILES string of the molecule is Clc1nc(-c2ccc(Br)s2)nc(Cl)c1-c1ccccc1Br. The number of aromatic nitrogens is 2. The first-order valence-corrected chi connectivity index (χ1v) is 8.96. The highest BCUT2D eigenvalue weighted by atomic mass is 79.9. The molecule has 0 saturated carbocycles. The third-order valence-corrected chi connectivity index (χ3v) is 5.62. The van der Waals surface area contributed by atoms with Crippen molar-refractivity contribution in [2.75, 3.05) is 0 Å². The summed E-state index contributed by atoms with van der Waals surface area (Å²) >= 11 is 21.1. The molecule has 2 aromatic heterocycles. The molecule has 0 bridgehead atoms. The fourth-order valence-electron chi connectivity index (χ4n) is 1.84. The van der Waals surface area contributed by atoms with E-state index in [-0.39, 0.29) is 0 Å². The Morgan fingerprint density at radius 3 is 2.14 bits per heavy atom. The third kappa shape index (κ3) is 3.17. The Morgan fingerprint density at radius 2 is 1.57 bits per heavy atom.